The maximum Gasteiger partial charge on any atom is 0.207 e. The van der Waals surface area contributed by atoms with Crippen LogP contribution < -0.4 is 5.32 Å². The number of benzene rings is 1. The quantitative estimate of drug-likeness (QED) is 0.805. The molecule has 0 unspecified atom stereocenters. The van der Waals surface area contributed by atoms with Crippen molar-refractivity contribution in [1.29, 1.82) is 0 Å². The van der Waals surface area contributed by atoms with Gasteiger partial charge >= 0.3 is 0 Å². The molecular formula is C12H15N3S. The minimum Gasteiger partial charge on any atom is -0.355 e. The third-order valence-corrected chi connectivity index (χ3v) is 2.88. The van der Waals surface area contributed by atoms with Crippen molar-refractivity contribution in [2.75, 3.05) is 23.9 Å². The first kappa shape index (κ1) is 11.1. The van der Waals surface area contributed by atoms with Gasteiger partial charge in [-0.05, 0) is 18.4 Å². The molecule has 4 heteroatoms. The molecular weight excluding hydrogens is 218 g/mol. The van der Waals surface area contributed by atoms with Gasteiger partial charge in [0.1, 0.15) is 0 Å². The van der Waals surface area contributed by atoms with E-state index in [-0.39, 0.29) is 0 Å². The van der Waals surface area contributed by atoms with Crippen LogP contribution in [0.4, 0.5) is 5.95 Å². The topological polar surface area (TPSA) is 29.9 Å². The molecule has 0 amide bonds. The molecule has 0 bridgehead atoms. The number of thioether (sulfide) groups is 1. The van der Waals surface area contributed by atoms with Gasteiger partial charge < -0.3 is 5.32 Å². The molecule has 0 fully saturated rings. The van der Waals surface area contributed by atoms with E-state index in [1.807, 2.05) is 42.4 Å². The minimum absolute atomic E-state index is 0.903. The van der Waals surface area contributed by atoms with Crippen LogP contribution in [-0.2, 0) is 0 Å². The van der Waals surface area contributed by atoms with Crippen LogP contribution in [-0.4, -0.2) is 28.1 Å². The third kappa shape index (κ3) is 2.58. The van der Waals surface area contributed by atoms with Gasteiger partial charge in [0, 0.05) is 30.4 Å². The largest absolute Gasteiger partial charge is 0.355 e. The van der Waals surface area contributed by atoms with E-state index in [1.54, 1.807) is 0 Å². The average Bonchev–Trinajstić information content (AvgIpc) is 2.79. The zero-order valence-electron chi connectivity index (χ0n) is 9.26. The van der Waals surface area contributed by atoms with Crippen LogP contribution in [0.5, 0.6) is 0 Å². The van der Waals surface area contributed by atoms with Crippen LogP contribution in [0.2, 0.25) is 0 Å². The molecule has 0 atom stereocenters. The lowest BCUT2D eigenvalue weighted by Crippen LogP contribution is -2.09. The molecule has 3 nitrogen and oxygen atoms in total. The Kier molecular flexibility index (Phi) is 3.88. The first-order chi connectivity index (χ1) is 7.92. The van der Waals surface area contributed by atoms with Gasteiger partial charge in [0.05, 0.1) is 0 Å². The lowest BCUT2D eigenvalue weighted by atomic mass is 10.3. The molecule has 0 spiro atoms. The van der Waals surface area contributed by atoms with Gasteiger partial charge in [-0.1, -0.05) is 18.2 Å². The van der Waals surface area contributed by atoms with E-state index in [9.17, 15) is 0 Å². The van der Waals surface area contributed by atoms with E-state index >= 15 is 0 Å². The Bertz CT molecular complexity index is 425. The Morgan fingerprint density at radius 2 is 2.12 bits per heavy atom. The zero-order valence-corrected chi connectivity index (χ0v) is 10.1. The van der Waals surface area contributed by atoms with Gasteiger partial charge in [-0.2, -0.15) is 11.8 Å². The Morgan fingerprint density at radius 1 is 1.31 bits per heavy atom. The Morgan fingerprint density at radius 3 is 2.88 bits per heavy atom. The van der Waals surface area contributed by atoms with Gasteiger partial charge in [-0.25, -0.2) is 4.98 Å². The highest BCUT2D eigenvalue weighted by Crippen LogP contribution is 2.13. The molecule has 84 valence electrons. The maximum absolute atomic E-state index is 4.31. The number of rotatable bonds is 5. The summed E-state index contributed by atoms with van der Waals surface area (Å²) in [7, 11) is 0. The van der Waals surface area contributed by atoms with Gasteiger partial charge in [0.25, 0.3) is 0 Å². The molecule has 0 aliphatic carbocycles. The fourth-order valence-electron chi connectivity index (χ4n) is 1.50. The first-order valence-electron chi connectivity index (χ1n) is 5.23. The Balaban J connectivity index is 2.13. The summed E-state index contributed by atoms with van der Waals surface area (Å²) in [4.78, 5) is 4.31. The molecule has 0 saturated heterocycles. The molecule has 2 aromatic rings. The summed E-state index contributed by atoms with van der Waals surface area (Å²) in [5.74, 6) is 1.99. The highest BCUT2D eigenvalue weighted by atomic mass is 32.2. The summed E-state index contributed by atoms with van der Waals surface area (Å²) in [6, 6.07) is 10.2. The molecule has 0 aliphatic rings. The van der Waals surface area contributed by atoms with Crippen LogP contribution in [0.25, 0.3) is 5.69 Å². The summed E-state index contributed by atoms with van der Waals surface area (Å²) in [6.45, 7) is 0.936. The van der Waals surface area contributed by atoms with Crippen molar-refractivity contribution < 1.29 is 0 Å². The van der Waals surface area contributed by atoms with E-state index in [2.05, 4.69) is 33.3 Å². The minimum atomic E-state index is 0.903. The standard InChI is InChI=1S/C12H15N3S/c1-16-10-8-14-12-13-7-9-15(12)11-5-3-2-4-6-11/h2-7,9H,8,10H2,1H3,(H,13,14). The van der Waals surface area contributed by atoms with Crippen molar-refractivity contribution in [3.05, 3.63) is 42.7 Å². The maximum atomic E-state index is 4.31. The van der Waals surface area contributed by atoms with Crippen molar-refractivity contribution in [3.8, 4) is 5.69 Å². The molecule has 0 saturated carbocycles. The average molecular weight is 233 g/mol. The molecule has 1 aromatic heterocycles. The molecule has 1 heterocycles. The smallest absolute Gasteiger partial charge is 0.207 e. The van der Waals surface area contributed by atoms with Crippen molar-refractivity contribution in [2.45, 2.75) is 0 Å². The number of imidazole rings is 1. The number of aromatic nitrogens is 2. The summed E-state index contributed by atoms with van der Waals surface area (Å²) < 4.78 is 2.06. The van der Waals surface area contributed by atoms with Crippen molar-refractivity contribution in [3.63, 3.8) is 0 Å². The summed E-state index contributed by atoms with van der Waals surface area (Å²) in [5, 5.41) is 3.32. The first-order valence-corrected chi connectivity index (χ1v) is 6.63. The number of nitrogens with zero attached hydrogens (tertiary/aromatic N) is 2. The fraction of sp³-hybridized carbons (Fsp3) is 0.250. The van der Waals surface area contributed by atoms with Crippen LogP contribution in [0.1, 0.15) is 0 Å². The van der Waals surface area contributed by atoms with Crippen LogP contribution in [0.15, 0.2) is 42.7 Å². The normalized spacial score (nSPS) is 10.3. The highest BCUT2D eigenvalue weighted by Gasteiger charge is 2.02. The van der Waals surface area contributed by atoms with Crippen molar-refractivity contribution >= 4 is 17.7 Å². The second-order valence-corrected chi connectivity index (χ2v) is 4.36. The lowest BCUT2D eigenvalue weighted by molar-refractivity contribution is 1.03. The van der Waals surface area contributed by atoms with Crippen molar-refractivity contribution in [1.82, 2.24) is 9.55 Å². The van der Waals surface area contributed by atoms with E-state index in [4.69, 9.17) is 0 Å². The van der Waals surface area contributed by atoms with E-state index < -0.39 is 0 Å². The number of hydrogen-bond donors (Lipinski definition) is 1. The predicted molar refractivity (Wildman–Crippen MR) is 70.4 cm³/mol. The Hall–Kier alpha value is -1.42. The number of hydrogen-bond acceptors (Lipinski definition) is 3. The van der Waals surface area contributed by atoms with E-state index in [0.29, 0.717) is 0 Å². The lowest BCUT2D eigenvalue weighted by Gasteiger charge is -2.08. The monoisotopic (exact) mass is 233 g/mol. The summed E-state index contributed by atoms with van der Waals surface area (Å²) in [5.41, 5.74) is 1.13. The third-order valence-electron chi connectivity index (χ3n) is 2.26. The van der Waals surface area contributed by atoms with Crippen LogP contribution in [0, 0.1) is 0 Å². The highest BCUT2D eigenvalue weighted by molar-refractivity contribution is 7.98. The second-order valence-electron chi connectivity index (χ2n) is 3.38. The second kappa shape index (κ2) is 5.61. The molecule has 0 radical (unpaired) electrons. The van der Waals surface area contributed by atoms with E-state index in [0.717, 1.165) is 23.9 Å². The van der Waals surface area contributed by atoms with Gasteiger partial charge in [0.2, 0.25) is 5.95 Å². The summed E-state index contributed by atoms with van der Waals surface area (Å²) in [6.07, 6.45) is 5.89. The van der Waals surface area contributed by atoms with Gasteiger partial charge in [-0.3, -0.25) is 4.57 Å². The number of nitrogens with one attached hydrogen (secondary N) is 1. The molecule has 1 aromatic carbocycles. The van der Waals surface area contributed by atoms with Gasteiger partial charge in [0.15, 0.2) is 0 Å². The predicted octanol–water partition coefficient (Wildman–Crippen LogP) is 2.65. The number of para-hydroxylation sites is 1. The summed E-state index contributed by atoms with van der Waals surface area (Å²) >= 11 is 1.83. The molecule has 1 N–H and O–H groups in total. The molecule has 0 aliphatic heterocycles. The molecule has 2 rings (SSSR count). The van der Waals surface area contributed by atoms with Gasteiger partial charge in [-0.15, -0.1) is 0 Å². The molecule has 16 heavy (non-hydrogen) atoms. The van der Waals surface area contributed by atoms with Crippen LogP contribution >= 0.6 is 11.8 Å². The number of anilines is 1. The van der Waals surface area contributed by atoms with Crippen molar-refractivity contribution in [2.24, 2.45) is 0 Å². The fourth-order valence-corrected chi connectivity index (χ4v) is 1.80. The van der Waals surface area contributed by atoms with E-state index in [1.165, 1.54) is 0 Å². The SMILES string of the molecule is CSCCNc1nccn1-c1ccccc1. The Labute approximate surface area is 99.9 Å². The zero-order chi connectivity index (χ0) is 11.2. The van der Waals surface area contributed by atoms with Crippen LogP contribution in [0.3, 0.4) is 0 Å².